The summed E-state index contributed by atoms with van der Waals surface area (Å²) in [6.45, 7) is 3.04. The second-order valence-corrected chi connectivity index (χ2v) is 1.37. The summed E-state index contributed by atoms with van der Waals surface area (Å²) in [6.07, 6.45) is 1.50. The molecule has 0 saturated heterocycles. The molecular weight excluding hydrogens is 102 g/mol. The molecule has 0 aromatic rings. The number of nitriles is 1. The SMILES string of the molecule is C/C=C(\C#N)C(C)=O. The van der Waals surface area contributed by atoms with E-state index in [0.717, 1.165) is 0 Å². The van der Waals surface area contributed by atoms with Crippen molar-refractivity contribution in [2.75, 3.05) is 0 Å². The first-order valence-electron chi connectivity index (χ1n) is 2.29. The molecule has 0 N–H and O–H groups in total. The van der Waals surface area contributed by atoms with Crippen molar-refractivity contribution in [3.63, 3.8) is 0 Å². The fourth-order valence-corrected chi connectivity index (χ4v) is 0.347. The van der Waals surface area contributed by atoms with Gasteiger partial charge in [-0.3, -0.25) is 4.79 Å². The first-order chi connectivity index (χ1) is 3.72. The molecule has 0 rings (SSSR count). The van der Waals surface area contributed by atoms with E-state index in [9.17, 15) is 4.79 Å². The summed E-state index contributed by atoms with van der Waals surface area (Å²) < 4.78 is 0. The molecule has 42 valence electrons. The van der Waals surface area contributed by atoms with E-state index >= 15 is 0 Å². The van der Waals surface area contributed by atoms with Crippen molar-refractivity contribution in [3.8, 4) is 6.07 Å². The summed E-state index contributed by atoms with van der Waals surface area (Å²) in [5, 5.41) is 8.16. The number of rotatable bonds is 1. The average molecular weight is 109 g/mol. The number of carbonyl (C=O) groups excluding carboxylic acids is 1. The standard InChI is InChI=1S/C6H7NO/c1-3-6(4-7)5(2)8/h3H,1-2H3/b6-3+. The lowest BCUT2D eigenvalue weighted by Crippen LogP contribution is -1.91. The Labute approximate surface area is 48.4 Å². The van der Waals surface area contributed by atoms with Crippen LogP contribution in [-0.4, -0.2) is 5.78 Å². The zero-order valence-electron chi connectivity index (χ0n) is 4.93. The fraction of sp³-hybridized carbons (Fsp3) is 0.333. The predicted molar refractivity (Wildman–Crippen MR) is 30.1 cm³/mol. The second-order valence-electron chi connectivity index (χ2n) is 1.37. The van der Waals surface area contributed by atoms with Gasteiger partial charge >= 0.3 is 0 Å². The Morgan fingerprint density at radius 3 is 2.25 bits per heavy atom. The van der Waals surface area contributed by atoms with Crippen LogP contribution >= 0.6 is 0 Å². The Balaban J connectivity index is 4.20. The first-order valence-corrected chi connectivity index (χ1v) is 2.29. The average Bonchev–Trinajstić information content (AvgIpc) is 1.69. The lowest BCUT2D eigenvalue weighted by Gasteiger charge is -1.82. The Bertz CT molecular complexity index is 162. The van der Waals surface area contributed by atoms with Gasteiger partial charge in [0, 0.05) is 0 Å². The van der Waals surface area contributed by atoms with Gasteiger partial charge in [-0.25, -0.2) is 0 Å². The van der Waals surface area contributed by atoms with Crippen LogP contribution in [0.15, 0.2) is 11.6 Å². The minimum absolute atomic E-state index is 0.171. The van der Waals surface area contributed by atoms with Crippen LogP contribution in [-0.2, 0) is 4.79 Å². The van der Waals surface area contributed by atoms with Crippen LogP contribution in [0.5, 0.6) is 0 Å². The molecule has 0 amide bonds. The van der Waals surface area contributed by atoms with E-state index in [4.69, 9.17) is 5.26 Å². The van der Waals surface area contributed by atoms with E-state index in [1.165, 1.54) is 13.0 Å². The maximum atomic E-state index is 10.3. The monoisotopic (exact) mass is 109 g/mol. The van der Waals surface area contributed by atoms with E-state index in [0.29, 0.717) is 0 Å². The highest BCUT2D eigenvalue weighted by Gasteiger charge is 1.96. The highest BCUT2D eigenvalue weighted by Crippen LogP contribution is 1.90. The number of hydrogen-bond acceptors (Lipinski definition) is 2. The molecule has 0 aromatic carbocycles. The van der Waals surface area contributed by atoms with Crippen molar-refractivity contribution in [2.45, 2.75) is 13.8 Å². The third kappa shape index (κ3) is 1.57. The predicted octanol–water partition coefficient (Wildman–Crippen LogP) is 1.05. The van der Waals surface area contributed by atoms with Crippen molar-refractivity contribution in [1.82, 2.24) is 0 Å². The van der Waals surface area contributed by atoms with E-state index < -0.39 is 0 Å². The topological polar surface area (TPSA) is 40.9 Å². The maximum Gasteiger partial charge on any atom is 0.169 e. The molecule has 0 bridgehead atoms. The summed E-state index contributed by atoms with van der Waals surface area (Å²) in [5.74, 6) is -0.171. The normalized spacial score (nSPS) is 10.4. The summed E-state index contributed by atoms with van der Waals surface area (Å²) >= 11 is 0. The summed E-state index contributed by atoms with van der Waals surface area (Å²) in [5.41, 5.74) is 0.227. The van der Waals surface area contributed by atoms with Crippen molar-refractivity contribution in [1.29, 1.82) is 5.26 Å². The zero-order chi connectivity index (χ0) is 6.57. The molecule has 0 saturated carbocycles. The highest BCUT2D eigenvalue weighted by molar-refractivity contribution is 5.96. The van der Waals surface area contributed by atoms with Crippen molar-refractivity contribution < 1.29 is 4.79 Å². The summed E-state index contributed by atoms with van der Waals surface area (Å²) in [4.78, 5) is 10.3. The number of ketones is 1. The van der Waals surface area contributed by atoms with Crippen LogP contribution in [0.3, 0.4) is 0 Å². The Kier molecular flexibility index (Phi) is 2.57. The van der Waals surface area contributed by atoms with Gasteiger partial charge in [-0.1, -0.05) is 6.08 Å². The van der Waals surface area contributed by atoms with Crippen LogP contribution in [0.4, 0.5) is 0 Å². The molecular formula is C6H7NO. The van der Waals surface area contributed by atoms with Gasteiger partial charge in [0.1, 0.15) is 6.07 Å². The largest absolute Gasteiger partial charge is 0.294 e. The zero-order valence-corrected chi connectivity index (χ0v) is 4.93. The first kappa shape index (κ1) is 6.90. The third-order valence-electron chi connectivity index (χ3n) is 0.788. The molecule has 0 aliphatic heterocycles. The van der Waals surface area contributed by atoms with Crippen LogP contribution < -0.4 is 0 Å². The molecule has 0 heterocycles. The Morgan fingerprint density at radius 1 is 1.75 bits per heavy atom. The molecule has 0 radical (unpaired) electrons. The van der Waals surface area contributed by atoms with Gasteiger partial charge in [0.2, 0.25) is 0 Å². The minimum Gasteiger partial charge on any atom is -0.294 e. The molecule has 0 aromatic heterocycles. The second kappa shape index (κ2) is 2.98. The van der Waals surface area contributed by atoms with Crippen LogP contribution in [0.2, 0.25) is 0 Å². The molecule has 0 unspecified atom stereocenters. The van der Waals surface area contributed by atoms with Gasteiger partial charge in [0.15, 0.2) is 5.78 Å². The number of Topliss-reactive ketones (excluding diaryl/α,β-unsaturated/α-hetero) is 1. The molecule has 0 atom stereocenters. The fourth-order valence-electron chi connectivity index (χ4n) is 0.347. The lowest BCUT2D eigenvalue weighted by atomic mass is 10.2. The van der Waals surface area contributed by atoms with Crippen molar-refractivity contribution >= 4 is 5.78 Å². The van der Waals surface area contributed by atoms with Crippen LogP contribution in [0, 0.1) is 11.3 Å². The van der Waals surface area contributed by atoms with Gasteiger partial charge in [0.25, 0.3) is 0 Å². The van der Waals surface area contributed by atoms with Gasteiger partial charge in [-0.15, -0.1) is 0 Å². The highest BCUT2D eigenvalue weighted by atomic mass is 16.1. The lowest BCUT2D eigenvalue weighted by molar-refractivity contribution is -0.113. The molecule has 0 aliphatic carbocycles. The molecule has 2 nitrogen and oxygen atoms in total. The summed E-state index contributed by atoms with van der Waals surface area (Å²) in [6, 6.07) is 1.76. The molecule has 0 spiro atoms. The van der Waals surface area contributed by atoms with Crippen molar-refractivity contribution in [3.05, 3.63) is 11.6 Å². The number of hydrogen-bond donors (Lipinski definition) is 0. The van der Waals surface area contributed by atoms with E-state index in [1.807, 2.05) is 0 Å². The van der Waals surface area contributed by atoms with Gasteiger partial charge in [0.05, 0.1) is 5.57 Å². The Morgan fingerprint density at radius 2 is 2.25 bits per heavy atom. The third-order valence-corrected chi connectivity index (χ3v) is 0.788. The van der Waals surface area contributed by atoms with Crippen LogP contribution in [0.25, 0.3) is 0 Å². The smallest absolute Gasteiger partial charge is 0.169 e. The number of nitrogens with zero attached hydrogens (tertiary/aromatic N) is 1. The van der Waals surface area contributed by atoms with E-state index in [2.05, 4.69) is 0 Å². The minimum atomic E-state index is -0.171. The van der Waals surface area contributed by atoms with Gasteiger partial charge in [-0.05, 0) is 13.8 Å². The maximum absolute atomic E-state index is 10.3. The van der Waals surface area contributed by atoms with Gasteiger partial charge < -0.3 is 0 Å². The van der Waals surface area contributed by atoms with Crippen molar-refractivity contribution in [2.24, 2.45) is 0 Å². The quantitative estimate of drug-likeness (QED) is 0.373. The molecule has 0 fully saturated rings. The van der Waals surface area contributed by atoms with E-state index in [-0.39, 0.29) is 11.4 Å². The molecule has 8 heavy (non-hydrogen) atoms. The number of allylic oxidation sites excluding steroid dienone is 2. The molecule has 0 aliphatic rings. The summed E-state index contributed by atoms with van der Waals surface area (Å²) in [7, 11) is 0. The van der Waals surface area contributed by atoms with E-state index in [1.54, 1.807) is 13.0 Å². The van der Waals surface area contributed by atoms with Gasteiger partial charge in [-0.2, -0.15) is 5.26 Å². The number of carbonyl (C=O) groups is 1. The molecule has 2 heteroatoms. The van der Waals surface area contributed by atoms with Crippen LogP contribution in [0.1, 0.15) is 13.8 Å². The Hall–Kier alpha value is -1.10.